The van der Waals surface area contributed by atoms with Crippen LogP contribution < -0.4 is 5.32 Å². The second-order valence-electron chi connectivity index (χ2n) is 4.22. The van der Waals surface area contributed by atoms with Crippen LogP contribution in [-0.2, 0) is 0 Å². The molecule has 1 nitrogen and oxygen atoms in total. The van der Waals surface area contributed by atoms with Crippen molar-refractivity contribution in [3.8, 4) is 0 Å². The van der Waals surface area contributed by atoms with Crippen molar-refractivity contribution in [1.29, 1.82) is 0 Å². The molecule has 1 N–H and O–H groups in total. The molecule has 0 aliphatic rings. The van der Waals surface area contributed by atoms with E-state index in [-0.39, 0.29) is 0 Å². The van der Waals surface area contributed by atoms with Gasteiger partial charge in [0.05, 0.1) is 0 Å². The zero-order chi connectivity index (χ0) is 12.7. The molecule has 2 unspecified atom stereocenters. The van der Waals surface area contributed by atoms with Crippen LogP contribution in [-0.4, -0.2) is 23.8 Å². The van der Waals surface area contributed by atoms with Gasteiger partial charge in [0, 0.05) is 22.7 Å². The van der Waals surface area contributed by atoms with Gasteiger partial charge in [-0.2, -0.15) is 11.8 Å². The van der Waals surface area contributed by atoms with E-state index in [1.54, 1.807) is 11.8 Å². The lowest BCUT2D eigenvalue weighted by Crippen LogP contribution is -2.30. The fourth-order valence-electron chi connectivity index (χ4n) is 1.76. The highest BCUT2D eigenvalue weighted by Gasteiger charge is 2.08. The molecule has 1 rings (SSSR count). The van der Waals surface area contributed by atoms with Crippen molar-refractivity contribution < 1.29 is 0 Å². The molecule has 0 aromatic heterocycles. The van der Waals surface area contributed by atoms with Crippen LogP contribution in [0.15, 0.2) is 29.2 Å². The van der Waals surface area contributed by atoms with Crippen LogP contribution in [0.25, 0.3) is 0 Å². The highest BCUT2D eigenvalue weighted by atomic mass is 32.2. The molecule has 0 aliphatic heterocycles. The van der Waals surface area contributed by atoms with Gasteiger partial charge in [-0.25, -0.2) is 0 Å². The number of hydrogen-bond acceptors (Lipinski definition) is 3. The maximum Gasteiger partial charge on any atom is 0.0294 e. The second-order valence-corrected chi connectivity index (χ2v) is 6.42. The zero-order valence-corrected chi connectivity index (χ0v) is 12.8. The number of rotatable bonds is 7. The third-order valence-electron chi connectivity index (χ3n) is 2.72. The fourth-order valence-corrected chi connectivity index (χ4v) is 2.85. The van der Waals surface area contributed by atoms with Crippen molar-refractivity contribution >= 4 is 23.5 Å². The van der Waals surface area contributed by atoms with Gasteiger partial charge >= 0.3 is 0 Å². The van der Waals surface area contributed by atoms with E-state index in [0.717, 1.165) is 0 Å². The smallest absolute Gasteiger partial charge is 0.0294 e. The van der Waals surface area contributed by atoms with Crippen LogP contribution in [0.2, 0.25) is 0 Å². The molecule has 0 amide bonds. The molecule has 0 bridgehead atoms. The second kappa shape index (κ2) is 8.06. The molecule has 0 radical (unpaired) electrons. The lowest BCUT2D eigenvalue weighted by molar-refractivity contribution is 0.511. The van der Waals surface area contributed by atoms with Crippen LogP contribution in [0.1, 0.15) is 32.4 Å². The normalized spacial score (nSPS) is 14.6. The Balaban J connectivity index is 2.47. The summed E-state index contributed by atoms with van der Waals surface area (Å²) in [7, 11) is 0. The first-order chi connectivity index (χ1) is 8.17. The van der Waals surface area contributed by atoms with Crippen LogP contribution >= 0.6 is 23.5 Å². The summed E-state index contributed by atoms with van der Waals surface area (Å²) < 4.78 is 0. The van der Waals surface area contributed by atoms with Crippen molar-refractivity contribution in [2.75, 3.05) is 17.8 Å². The van der Waals surface area contributed by atoms with E-state index in [1.165, 1.54) is 22.0 Å². The quantitative estimate of drug-likeness (QED) is 0.745. The van der Waals surface area contributed by atoms with Crippen molar-refractivity contribution in [2.24, 2.45) is 0 Å². The van der Waals surface area contributed by atoms with Gasteiger partial charge in [0.2, 0.25) is 0 Å². The van der Waals surface area contributed by atoms with Gasteiger partial charge in [-0.1, -0.05) is 19.1 Å². The Labute approximate surface area is 114 Å². The Bertz CT molecular complexity index is 311. The van der Waals surface area contributed by atoms with Crippen molar-refractivity contribution in [2.45, 2.75) is 37.8 Å². The van der Waals surface area contributed by atoms with Crippen molar-refractivity contribution in [1.82, 2.24) is 5.32 Å². The average molecular weight is 269 g/mol. The fraction of sp³-hybridized carbons (Fsp3) is 0.571. The number of hydrogen-bond donors (Lipinski definition) is 1. The summed E-state index contributed by atoms with van der Waals surface area (Å²) >= 11 is 3.78. The van der Waals surface area contributed by atoms with Gasteiger partial charge in [-0.15, -0.1) is 11.8 Å². The van der Waals surface area contributed by atoms with Crippen molar-refractivity contribution in [3.63, 3.8) is 0 Å². The zero-order valence-electron chi connectivity index (χ0n) is 11.2. The van der Waals surface area contributed by atoms with Crippen LogP contribution in [0.5, 0.6) is 0 Å². The van der Waals surface area contributed by atoms with Gasteiger partial charge < -0.3 is 5.32 Å². The summed E-state index contributed by atoms with van der Waals surface area (Å²) in [5.41, 5.74) is 1.37. The molecule has 2 atom stereocenters. The minimum Gasteiger partial charge on any atom is -0.307 e. The molecule has 0 saturated carbocycles. The van der Waals surface area contributed by atoms with Gasteiger partial charge in [-0.3, -0.25) is 0 Å². The summed E-state index contributed by atoms with van der Waals surface area (Å²) in [5.74, 6) is 2.38. The Morgan fingerprint density at radius 3 is 2.35 bits per heavy atom. The molecular weight excluding hydrogens is 246 g/mol. The van der Waals surface area contributed by atoms with E-state index in [2.05, 4.69) is 56.6 Å². The molecule has 0 spiro atoms. The first kappa shape index (κ1) is 14.9. The Morgan fingerprint density at radius 2 is 1.82 bits per heavy atom. The SMILES string of the molecule is CCSCC(C)NC(C)c1ccc(SC)cc1. The largest absolute Gasteiger partial charge is 0.307 e. The van der Waals surface area contributed by atoms with Gasteiger partial charge in [0.25, 0.3) is 0 Å². The third-order valence-corrected chi connectivity index (χ3v) is 4.61. The monoisotopic (exact) mass is 269 g/mol. The van der Waals surface area contributed by atoms with Crippen LogP contribution in [0.4, 0.5) is 0 Å². The van der Waals surface area contributed by atoms with E-state index in [1.807, 2.05) is 11.8 Å². The molecule has 0 fully saturated rings. The molecule has 0 saturated heterocycles. The maximum atomic E-state index is 3.64. The minimum atomic E-state index is 0.429. The van der Waals surface area contributed by atoms with E-state index in [4.69, 9.17) is 0 Å². The molecule has 17 heavy (non-hydrogen) atoms. The Morgan fingerprint density at radius 1 is 1.18 bits per heavy atom. The summed E-state index contributed by atoms with van der Waals surface area (Å²) in [6.45, 7) is 6.71. The molecule has 96 valence electrons. The lowest BCUT2D eigenvalue weighted by Gasteiger charge is -2.20. The van der Waals surface area contributed by atoms with Gasteiger partial charge in [0.15, 0.2) is 0 Å². The number of thioether (sulfide) groups is 2. The maximum absolute atomic E-state index is 3.64. The summed E-state index contributed by atoms with van der Waals surface area (Å²) in [4.78, 5) is 1.33. The van der Waals surface area contributed by atoms with E-state index in [0.29, 0.717) is 12.1 Å². The highest BCUT2D eigenvalue weighted by molar-refractivity contribution is 7.99. The molecule has 1 aromatic carbocycles. The van der Waals surface area contributed by atoms with Crippen LogP contribution in [0.3, 0.4) is 0 Å². The number of nitrogens with one attached hydrogen (secondary N) is 1. The average Bonchev–Trinajstić information content (AvgIpc) is 2.36. The predicted octanol–water partition coefficient (Wildman–Crippen LogP) is 4.20. The third kappa shape index (κ3) is 5.36. The Kier molecular flexibility index (Phi) is 7.09. The first-order valence-corrected chi connectivity index (χ1v) is 8.53. The molecule has 3 heteroatoms. The molecular formula is C14H23NS2. The van der Waals surface area contributed by atoms with E-state index in [9.17, 15) is 0 Å². The molecule has 1 aromatic rings. The highest BCUT2D eigenvalue weighted by Crippen LogP contribution is 2.19. The summed E-state index contributed by atoms with van der Waals surface area (Å²) in [6.07, 6.45) is 2.11. The van der Waals surface area contributed by atoms with Gasteiger partial charge in [-0.05, 0) is 43.6 Å². The summed E-state index contributed by atoms with van der Waals surface area (Å²) in [5, 5.41) is 3.64. The topological polar surface area (TPSA) is 12.0 Å². The lowest BCUT2D eigenvalue weighted by atomic mass is 10.1. The molecule has 0 aliphatic carbocycles. The standard InChI is InChI=1S/C14H23NS2/c1-5-17-10-11(2)15-12(3)13-6-8-14(16-4)9-7-13/h6-9,11-12,15H,5,10H2,1-4H3. The molecule has 0 heterocycles. The van der Waals surface area contributed by atoms with E-state index < -0.39 is 0 Å². The first-order valence-electron chi connectivity index (χ1n) is 6.15. The van der Waals surface area contributed by atoms with E-state index >= 15 is 0 Å². The predicted molar refractivity (Wildman–Crippen MR) is 82.2 cm³/mol. The number of benzene rings is 1. The summed E-state index contributed by atoms with van der Waals surface area (Å²) in [6, 6.07) is 9.84. The minimum absolute atomic E-state index is 0.429. The van der Waals surface area contributed by atoms with Gasteiger partial charge in [0.1, 0.15) is 0 Å². The van der Waals surface area contributed by atoms with Crippen molar-refractivity contribution in [3.05, 3.63) is 29.8 Å². The Hall–Kier alpha value is -0.120. The van der Waals surface area contributed by atoms with Crippen LogP contribution in [0, 0.1) is 0 Å².